The molecule has 2 aromatic carbocycles. The number of hydrogen-bond donors (Lipinski definition) is 2. The van der Waals surface area contributed by atoms with E-state index in [1.807, 2.05) is 6.92 Å². The number of rotatable bonds is 3. The summed E-state index contributed by atoms with van der Waals surface area (Å²) in [5.41, 5.74) is 9.27. The fourth-order valence-electron chi connectivity index (χ4n) is 2.77. The molecule has 0 aromatic heterocycles. The molecule has 0 fully saturated rings. The predicted molar refractivity (Wildman–Crippen MR) is 88.1 cm³/mol. The molecule has 0 radical (unpaired) electrons. The van der Waals surface area contributed by atoms with Crippen molar-refractivity contribution in [3.8, 4) is 0 Å². The van der Waals surface area contributed by atoms with Crippen molar-refractivity contribution in [1.29, 1.82) is 0 Å². The molecule has 3 N–H and O–H groups in total. The van der Waals surface area contributed by atoms with Gasteiger partial charge in [-0.3, -0.25) is 9.59 Å². The third-order valence-corrected chi connectivity index (χ3v) is 4.04. The number of nitrogen functional groups attached to an aromatic ring is 1. The number of anilines is 2. The molecule has 0 heterocycles. The standard InChI is InChI=1S/C17H15ClN2O2/c1-9-8-12(20-7-6-18)13-14(15(9)19)17(22)11-5-3-2-4-10(11)16(13)21/h2-5,8,20H,6-7,19H2,1H3. The van der Waals surface area contributed by atoms with Gasteiger partial charge in [0.2, 0.25) is 0 Å². The number of fused-ring (bicyclic) bond motifs is 2. The lowest BCUT2D eigenvalue weighted by molar-refractivity contribution is 0.0980. The lowest BCUT2D eigenvalue weighted by atomic mass is 9.81. The van der Waals surface area contributed by atoms with E-state index in [0.717, 1.165) is 5.56 Å². The molecule has 0 unspecified atom stereocenters. The highest BCUT2D eigenvalue weighted by Crippen LogP contribution is 2.37. The summed E-state index contributed by atoms with van der Waals surface area (Å²) < 4.78 is 0. The summed E-state index contributed by atoms with van der Waals surface area (Å²) in [7, 11) is 0. The van der Waals surface area contributed by atoms with Crippen LogP contribution in [0.15, 0.2) is 30.3 Å². The van der Waals surface area contributed by atoms with Gasteiger partial charge >= 0.3 is 0 Å². The fourth-order valence-corrected chi connectivity index (χ4v) is 2.87. The smallest absolute Gasteiger partial charge is 0.196 e. The minimum atomic E-state index is -0.208. The van der Waals surface area contributed by atoms with E-state index in [1.54, 1.807) is 30.3 Å². The summed E-state index contributed by atoms with van der Waals surface area (Å²) in [6.45, 7) is 2.32. The second kappa shape index (κ2) is 5.46. The second-order valence-electron chi connectivity index (χ2n) is 5.22. The molecule has 22 heavy (non-hydrogen) atoms. The van der Waals surface area contributed by atoms with Gasteiger partial charge in [0.1, 0.15) is 0 Å². The molecule has 5 heteroatoms. The zero-order chi connectivity index (χ0) is 15.9. The van der Waals surface area contributed by atoms with Crippen LogP contribution in [-0.2, 0) is 0 Å². The van der Waals surface area contributed by atoms with Gasteiger partial charge in [-0.25, -0.2) is 0 Å². The van der Waals surface area contributed by atoms with E-state index in [2.05, 4.69) is 5.32 Å². The topological polar surface area (TPSA) is 72.2 Å². The van der Waals surface area contributed by atoms with Crippen molar-refractivity contribution in [3.63, 3.8) is 0 Å². The number of nitrogens with two attached hydrogens (primary N) is 1. The minimum absolute atomic E-state index is 0.186. The van der Waals surface area contributed by atoms with Gasteiger partial charge in [-0.2, -0.15) is 0 Å². The Balaban J connectivity index is 2.29. The first-order valence-corrected chi connectivity index (χ1v) is 7.51. The highest BCUT2D eigenvalue weighted by molar-refractivity contribution is 6.32. The van der Waals surface area contributed by atoms with Crippen LogP contribution in [0.2, 0.25) is 0 Å². The largest absolute Gasteiger partial charge is 0.398 e. The number of nitrogens with one attached hydrogen (secondary N) is 1. The second-order valence-corrected chi connectivity index (χ2v) is 5.60. The SMILES string of the molecule is Cc1cc(NCCCl)c2c(c1N)C(=O)c1ccccc1C2=O. The highest BCUT2D eigenvalue weighted by atomic mass is 35.5. The van der Waals surface area contributed by atoms with Gasteiger partial charge in [0.05, 0.1) is 11.1 Å². The molecular formula is C17H15ClN2O2. The van der Waals surface area contributed by atoms with E-state index in [9.17, 15) is 9.59 Å². The Bertz CT molecular complexity index is 799. The van der Waals surface area contributed by atoms with Gasteiger partial charge in [0, 0.05) is 34.9 Å². The Morgan fingerprint density at radius 3 is 2.27 bits per heavy atom. The maximum Gasteiger partial charge on any atom is 0.196 e. The fraction of sp³-hybridized carbons (Fsp3) is 0.176. The molecule has 3 rings (SSSR count). The molecule has 0 spiro atoms. The van der Waals surface area contributed by atoms with Crippen LogP contribution in [0.1, 0.15) is 37.4 Å². The number of benzene rings is 2. The molecule has 0 bridgehead atoms. The number of aryl methyl sites for hydroxylation is 1. The number of hydrogen-bond acceptors (Lipinski definition) is 4. The Morgan fingerprint density at radius 2 is 1.68 bits per heavy atom. The maximum absolute atomic E-state index is 12.8. The van der Waals surface area contributed by atoms with Crippen molar-refractivity contribution < 1.29 is 9.59 Å². The van der Waals surface area contributed by atoms with Crippen LogP contribution in [0.4, 0.5) is 11.4 Å². The quantitative estimate of drug-likeness (QED) is 0.576. The van der Waals surface area contributed by atoms with E-state index in [4.69, 9.17) is 17.3 Å². The summed E-state index contributed by atoms with van der Waals surface area (Å²) in [6, 6.07) is 8.61. The first-order valence-electron chi connectivity index (χ1n) is 6.97. The average molecular weight is 315 g/mol. The molecule has 112 valence electrons. The lowest BCUT2D eigenvalue weighted by Crippen LogP contribution is -2.24. The Hall–Kier alpha value is -2.33. The van der Waals surface area contributed by atoms with Crippen LogP contribution >= 0.6 is 11.6 Å². The van der Waals surface area contributed by atoms with Gasteiger partial charge in [-0.15, -0.1) is 11.6 Å². The van der Waals surface area contributed by atoms with Crippen LogP contribution < -0.4 is 11.1 Å². The number of alkyl halides is 1. The van der Waals surface area contributed by atoms with Crippen LogP contribution in [0, 0.1) is 6.92 Å². The van der Waals surface area contributed by atoms with Gasteiger partial charge in [0.25, 0.3) is 0 Å². The third kappa shape index (κ3) is 2.07. The Morgan fingerprint density at radius 1 is 1.09 bits per heavy atom. The van der Waals surface area contributed by atoms with E-state index in [1.165, 1.54) is 0 Å². The lowest BCUT2D eigenvalue weighted by Gasteiger charge is -2.23. The number of halogens is 1. The first-order chi connectivity index (χ1) is 10.6. The first kappa shape index (κ1) is 14.6. The third-order valence-electron chi connectivity index (χ3n) is 3.85. The van der Waals surface area contributed by atoms with Crippen molar-refractivity contribution in [2.75, 3.05) is 23.5 Å². The molecule has 0 saturated heterocycles. The number of carbonyl (C=O) groups is 2. The van der Waals surface area contributed by atoms with E-state index in [0.29, 0.717) is 46.1 Å². The molecule has 0 aliphatic heterocycles. The monoisotopic (exact) mass is 314 g/mol. The van der Waals surface area contributed by atoms with Crippen molar-refractivity contribution in [2.45, 2.75) is 6.92 Å². The molecule has 1 aliphatic rings. The molecule has 4 nitrogen and oxygen atoms in total. The molecule has 2 aromatic rings. The van der Waals surface area contributed by atoms with E-state index < -0.39 is 0 Å². The zero-order valence-electron chi connectivity index (χ0n) is 12.1. The summed E-state index contributed by atoms with van der Waals surface area (Å²) >= 11 is 5.71. The zero-order valence-corrected chi connectivity index (χ0v) is 12.8. The van der Waals surface area contributed by atoms with E-state index in [-0.39, 0.29) is 11.6 Å². The van der Waals surface area contributed by atoms with Crippen molar-refractivity contribution in [1.82, 2.24) is 0 Å². The molecule has 0 saturated carbocycles. The maximum atomic E-state index is 12.8. The van der Waals surface area contributed by atoms with Crippen LogP contribution in [0.5, 0.6) is 0 Å². The van der Waals surface area contributed by atoms with Gasteiger partial charge in [-0.1, -0.05) is 24.3 Å². The van der Waals surface area contributed by atoms with E-state index >= 15 is 0 Å². The minimum Gasteiger partial charge on any atom is -0.398 e. The Kier molecular flexibility index (Phi) is 3.62. The number of ketones is 2. The van der Waals surface area contributed by atoms with Gasteiger partial charge < -0.3 is 11.1 Å². The van der Waals surface area contributed by atoms with Crippen molar-refractivity contribution in [3.05, 3.63) is 58.1 Å². The molecular weight excluding hydrogens is 300 g/mol. The van der Waals surface area contributed by atoms with Gasteiger partial charge in [-0.05, 0) is 18.6 Å². The Labute approximate surface area is 133 Å². The normalized spacial score (nSPS) is 12.8. The summed E-state index contributed by atoms with van der Waals surface area (Å²) in [5, 5.41) is 3.11. The van der Waals surface area contributed by atoms with Crippen molar-refractivity contribution >= 4 is 34.5 Å². The van der Waals surface area contributed by atoms with Crippen LogP contribution in [0.3, 0.4) is 0 Å². The van der Waals surface area contributed by atoms with Crippen LogP contribution in [-0.4, -0.2) is 24.0 Å². The summed E-state index contributed by atoms with van der Waals surface area (Å²) in [5.74, 6) is 0.00555. The van der Waals surface area contributed by atoms with Crippen LogP contribution in [0.25, 0.3) is 0 Å². The van der Waals surface area contributed by atoms with Gasteiger partial charge in [0.15, 0.2) is 11.6 Å². The number of carbonyl (C=O) groups excluding carboxylic acids is 2. The molecule has 0 amide bonds. The molecule has 0 atom stereocenters. The summed E-state index contributed by atoms with van der Waals surface area (Å²) in [4.78, 5) is 25.6. The molecule has 1 aliphatic carbocycles. The average Bonchev–Trinajstić information content (AvgIpc) is 2.53. The highest BCUT2D eigenvalue weighted by Gasteiger charge is 2.33. The van der Waals surface area contributed by atoms with Crippen molar-refractivity contribution in [2.24, 2.45) is 0 Å². The predicted octanol–water partition coefficient (Wildman–Crippen LogP) is 3.00. The summed E-state index contributed by atoms with van der Waals surface area (Å²) in [6.07, 6.45) is 0.